The van der Waals surface area contributed by atoms with Gasteiger partial charge in [-0.25, -0.2) is 4.79 Å². The van der Waals surface area contributed by atoms with E-state index in [1.54, 1.807) is 24.3 Å². The van der Waals surface area contributed by atoms with Gasteiger partial charge in [0, 0.05) is 10.9 Å². The molecule has 2 aromatic rings. The lowest BCUT2D eigenvalue weighted by Crippen LogP contribution is -2.02. The number of aromatic amines is 1. The van der Waals surface area contributed by atoms with Crippen molar-refractivity contribution in [2.45, 2.75) is 0 Å². The van der Waals surface area contributed by atoms with Crippen molar-refractivity contribution in [3.05, 3.63) is 35.5 Å². The lowest BCUT2D eigenvalue weighted by Gasteiger charge is -1.95. The van der Waals surface area contributed by atoms with Gasteiger partial charge in [-0.15, -0.1) is 0 Å². The predicted octanol–water partition coefficient (Wildman–Crippen LogP) is 1.95. The first kappa shape index (κ1) is 11.7. The molecule has 2 N–H and O–H groups in total. The molecule has 0 saturated carbocycles. The summed E-state index contributed by atoms with van der Waals surface area (Å²) in [7, 11) is 1.19. The summed E-state index contributed by atoms with van der Waals surface area (Å²) in [6.07, 6.45) is 1.27. The standard InChI is InChI=1S/C13H10N2O3/c1-18-13(17)8(7-14)6-11-12(16)9-4-2-3-5-10(9)15-11/h2-6,15-16H,1H3/b8-6+. The van der Waals surface area contributed by atoms with E-state index in [1.165, 1.54) is 13.2 Å². The Morgan fingerprint density at radius 2 is 2.22 bits per heavy atom. The second kappa shape index (κ2) is 4.63. The molecular weight excluding hydrogens is 232 g/mol. The molecule has 5 nitrogen and oxygen atoms in total. The largest absolute Gasteiger partial charge is 0.505 e. The monoisotopic (exact) mass is 242 g/mol. The van der Waals surface area contributed by atoms with Crippen molar-refractivity contribution in [3.8, 4) is 11.8 Å². The molecule has 0 aliphatic heterocycles. The van der Waals surface area contributed by atoms with Crippen LogP contribution in [0.3, 0.4) is 0 Å². The number of aromatic hydroxyl groups is 1. The van der Waals surface area contributed by atoms with Crippen LogP contribution in [-0.4, -0.2) is 23.2 Å². The van der Waals surface area contributed by atoms with Crippen molar-refractivity contribution in [2.24, 2.45) is 0 Å². The Balaban J connectivity index is 2.55. The fourth-order valence-electron chi connectivity index (χ4n) is 1.64. The maximum atomic E-state index is 11.3. The molecule has 0 aliphatic carbocycles. The summed E-state index contributed by atoms with van der Waals surface area (Å²) in [6.45, 7) is 0. The van der Waals surface area contributed by atoms with Gasteiger partial charge in [0.1, 0.15) is 17.4 Å². The number of nitriles is 1. The average molecular weight is 242 g/mol. The maximum absolute atomic E-state index is 11.3. The summed E-state index contributed by atoms with van der Waals surface area (Å²) >= 11 is 0. The molecule has 0 unspecified atom stereocenters. The van der Waals surface area contributed by atoms with E-state index < -0.39 is 5.97 Å². The van der Waals surface area contributed by atoms with Crippen molar-refractivity contribution in [3.63, 3.8) is 0 Å². The Hall–Kier alpha value is -2.74. The van der Waals surface area contributed by atoms with E-state index in [9.17, 15) is 9.90 Å². The fraction of sp³-hybridized carbons (Fsp3) is 0.0769. The number of hydrogen-bond donors (Lipinski definition) is 2. The molecule has 0 radical (unpaired) electrons. The van der Waals surface area contributed by atoms with Crippen molar-refractivity contribution in [1.82, 2.24) is 4.98 Å². The van der Waals surface area contributed by atoms with E-state index in [-0.39, 0.29) is 11.3 Å². The minimum absolute atomic E-state index is 0.00209. The van der Waals surface area contributed by atoms with Gasteiger partial charge in [-0.2, -0.15) is 5.26 Å². The van der Waals surface area contributed by atoms with Crippen molar-refractivity contribution in [1.29, 1.82) is 5.26 Å². The van der Waals surface area contributed by atoms with Gasteiger partial charge in [-0.1, -0.05) is 12.1 Å². The predicted molar refractivity (Wildman–Crippen MR) is 65.6 cm³/mol. The van der Waals surface area contributed by atoms with Crippen LogP contribution in [0.2, 0.25) is 0 Å². The molecule has 5 heteroatoms. The maximum Gasteiger partial charge on any atom is 0.348 e. The molecule has 0 amide bonds. The van der Waals surface area contributed by atoms with Gasteiger partial charge in [0.2, 0.25) is 0 Å². The van der Waals surface area contributed by atoms with Gasteiger partial charge in [0.05, 0.1) is 12.8 Å². The van der Waals surface area contributed by atoms with Crippen LogP contribution in [-0.2, 0) is 9.53 Å². The molecule has 1 aromatic carbocycles. The molecule has 90 valence electrons. The minimum atomic E-state index is -0.740. The molecule has 0 spiro atoms. The average Bonchev–Trinajstić information content (AvgIpc) is 2.72. The van der Waals surface area contributed by atoms with E-state index in [1.807, 2.05) is 6.07 Å². The van der Waals surface area contributed by atoms with Gasteiger partial charge in [-0.3, -0.25) is 0 Å². The van der Waals surface area contributed by atoms with Crippen molar-refractivity contribution in [2.75, 3.05) is 7.11 Å². The first-order valence-electron chi connectivity index (χ1n) is 5.17. The molecule has 2 rings (SSSR count). The Labute approximate surface area is 103 Å². The number of para-hydroxylation sites is 1. The zero-order valence-corrected chi connectivity index (χ0v) is 9.60. The molecule has 1 heterocycles. The SMILES string of the molecule is COC(=O)/C(C#N)=C/c1[nH]c2ccccc2c1O. The molecule has 0 aliphatic rings. The zero-order chi connectivity index (χ0) is 13.1. The van der Waals surface area contributed by atoms with Crippen molar-refractivity contribution < 1.29 is 14.6 Å². The van der Waals surface area contributed by atoms with E-state index in [0.717, 1.165) is 5.52 Å². The molecule has 1 aromatic heterocycles. The Morgan fingerprint density at radius 1 is 1.50 bits per heavy atom. The highest BCUT2D eigenvalue weighted by Gasteiger charge is 2.13. The van der Waals surface area contributed by atoms with E-state index >= 15 is 0 Å². The summed E-state index contributed by atoms with van der Waals surface area (Å²) < 4.78 is 4.46. The van der Waals surface area contributed by atoms with E-state index in [0.29, 0.717) is 11.1 Å². The fourth-order valence-corrected chi connectivity index (χ4v) is 1.64. The zero-order valence-electron chi connectivity index (χ0n) is 9.60. The number of nitrogens with one attached hydrogen (secondary N) is 1. The number of carbonyl (C=O) groups is 1. The lowest BCUT2D eigenvalue weighted by molar-refractivity contribution is -0.135. The number of esters is 1. The van der Waals surface area contributed by atoms with E-state index in [4.69, 9.17) is 5.26 Å². The highest BCUT2D eigenvalue weighted by Crippen LogP contribution is 2.29. The van der Waals surface area contributed by atoms with Crippen LogP contribution in [0.15, 0.2) is 29.8 Å². The lowest BCUT2D eigenvalue weighted by atomic mass is 10.2. The number of benzene rings is 1. The second-order valence-electron chi connectivity index (χ2n) is 3.59. The highest BCUT2D eigenvalue weighted by molar-refractivity contribution is 5.99. The van der Waals surface area contributed by atoms with Crippen LogP contribution in [0.4, 0.5) is 0 Å². The van der Waals surface area contributed by atoms with Gasteiger partial charge in [-0.05, 0) is 18.2 Å². The van der Waals surface area contributed by atoms with Gasteiger partial charge in [0.25, 0.3) is 0 Å². The summed E-state index contributed by atoms with van der Waals surface area (Å²) in [5, 5.41) is 19.4. The Kier molecular flexibility index (Phi) is 3.02. The number of H-pyrrole nitrogens is 1. The molecule has 0 fully saturated rings. The summed E-state index contributed by atoms with van der Waals surface area (Å²) in [4.78, 5) is 14.2. The normalized spacial score (nSPS) is 11.2. The van der Waals surface area contributed by atoms with Crippen LogP contribution in [0.1, 0.15) is 5.69 Å². The van der Waals surface area contributed by atoms with E-state index in [2.05, 4.69) is 9.72 Å². The van der Waals surface area contributed by atoms with Crippen LogP contribution in [0.25, 0.3) is 17.0 Å². The quantitative estimate of drug-likeness (QED) is 0.478. The number of carbonyl (C=O) groups excluding carboxylic acids is 1. The van der Waals surface area contributed by atoms with Crippen LogP contribution in [0.5, 0.6) is 5.75 Å². The molecule has 0 bridgehead atoms. The highest BCUT2D eigenvalue weighted by atomic mass is 16.5. The summed E-state index contributed by atoms with van der Waals surface area (Å²) in [5.74, 6) is -0.738. The first-order chi connectivity index (χ1) is 8.67. The topological polar surface area (TPSA) is 86.1 Å². The number of fused-ring (bicyclic) bond motifs is 1. The number of methoxy groups -OCH3 is 1. The minimum Gasteiger partial charge on any atom is -0.505 e. The van der Waals surface area contributed by atoms with Crippen LogP contribution < -0.4 is 0 Å². The second-order valence-corrected chi connectivity index (χ2v) is 3.59. The molecular formula is C13H10N2O3. The number of nitrogens with zero attached hydrogens (tertiary/aromatic N) is 1. The third kappa shape index (κ3) is 1.92. The van der Waals surface area contributed by atoms with Gasteiger partial charge >= 0.3 is 5.97 Å². The molecule has 0 saturated heterocycles. The smallest absolute Gasteiger partial charge is 0.348 e. The Morgan fingerprint density at radius 3 is 2.83 bits per heavy atom. The molecule has 18 heavy (non-hydrogen) atoms. The van der Waals surface area contributed by atoms with Crippen LogP contribution in [0, 0.1) is 11.3 Å². The third-order valence-corrected chi connectivity index (χ3v) is 2.52. The van der Waals surface area contributed by atoms with Gasteiger partial charge in [0.15, 0.2) is 0 Å². The number of aromatic nitrogens is 1. The third-order valence-electron chi connectivity index (χ3n) is 2.52. The summed E-state index contributed by atoms with van der Waals surface area (Å²) in [5.41, 5.74) is 0.848. The number of ether oxygens (including phenoxy) is 1. The summed E-state index contributed by atoms with van der Waals surface area (Å²) in [6, 6.07) is 8.86. The van der Waals surface area contributed by atoms with Gasteiger partial charge < -0.3 is 14.8 Å². The van der Waals surface area contributed by atoms with Crippen molar-refractivity contribution >= 4 is 22.9 Å². The molecule has 0 atom stereocenters. The number of rotatable bonds is 2. The first-order valence-corrected chi connectivity index (χ1v) is 5.17. The van der Waals surface area contributed by atoms with Crippen LogP contribution >= 0.6 is 0 Å². The Bertz CT molecular complexity index is 677. The number of hydrogen-bond acceptors (Lipinski definition) is 4.